The highest BCUT2D eigenvalue weighted by atomic mass is 19.4. The number of likely N-dealkylation sites (N-methyl/N-ethyl adjacent to an activating group) is 1. The number of benzene rings is 1. The zero-order valence-electron chi connectivity index (χ0n) is 10.5. The summed E-state index contributed by atoms with van der Waals surface area (Å²) in [5.74, 6) is -0.524. The Morgan fingerprint density at radius 1 is 1.37 bits per heavy atom. The van der Waals surface area contributed by atoms with E-state index in [0.717, 1.165) is 4.90 Å². The number of para-hydroxylation sites is 2. The predicted octanol–water partition coefficient (Wildman–Crippen LogP) is 2.09. The third-order valence-corrected chi connectivity index (χ3v) is 2.45. The molecule has 0 atom stereocenters. The summed E-state index contributed by atoms with van der Waals surface area (Å²) in [5.41, 5.74) is 6.39. The van der Waals surface area contributed by atoms with Crippen LogP contribution >= 0.6 is 0 Å². The molecule has 0 saturated carbocycles. The maximum absolute atomic E-state index is 12.2. The van der Waals surface area contributed by atoms with Crippen LogP contribution in [0.2, 0.25) is 0 Å². The number of carbonyl (C=O) groups excluding carboxylic acids is 1. The van der Waals surface area contributed by atoms with Crippen LogP contribution in [-0.2, 0) is 4.79 Å². The maximum atomic E-state index is 12.2. The second-order valence-electron chi connectivity index (χ2n) is 4.05. The Bertz CT molecular complexity index is 434. The molecule has 0 heterocycles. The third-order valence-electron chi connectivity index (χ3n) is 2.45. The monoisotopic (exact) mass is 275 g/mol. The fraction of sp³-hybridized carbons (Fsp3) is 0.417. The van der Waals surface area contributed by atoms with Gasteiger partial charge in [-0.3, -0.25) is 9.69 Å². The first kappa shape index (κ1) is 15.3. The summed E-state index contributed by atoms with van der Waals surface area (Å²) >= 11 is 0. The zero-order valence-corrected chi connectivity index (χ0v) is 10.5. The quantitative estimate of drug-likeness (QED) is 0.809. The summed E-state index contributed by atoms with van der Waals surface area (Å²) in [6.45, 7) is 0.263. The zero-order chi connectivity index (χ0) is 14.5. The summed E-state index contributed by atoms with van der Waals surface area (Å²) in [6, 6.07) is 6.57. The Balaban J connectivity index is 2.57. The molecule has 7 heteroatoms. The fourth-order valence-corrected chi connectivity index (χ4v) is 1.54. The van der Waals surface area contributed by atoms with E-state index in [9.17, 15) is 18.0 Å². The van der Waals surface area contributed by atoms with Gasteiger partial charge in [0.05, 0.1) is 24.5 Å². The molecule has 0 radical (unpaired) electrons. The first-order chi connectivity index (χ1) is 8.81. The van der Waals surface area contributed by atoms with Gasteiger partial charge >= 0.3 is 6.18 Å². The molecule has 0 aliphatic heterocycles. The van der Waals surface area contributed by atoms with Crippen molar-refractivity contribution < 1.29 is 18.0 Å². The lowest BCUT2D eigenvalue weighted by Gasteiger charge is -2.21. The van der Waals surface area contributed by atoms with E-state index in [1.54, 1.807) is 31.2 Å². The van der Waals surface area contributed by atoms with Crippen LogP contribution in [0.3, 0.4) is 0 Å². The summed E-state index contributed by atoms with van der Waals surface area (Å²) in [5, 5.41) is 2.49. The van der Waals surface area contributed by atoms with Crippen molar-refractivity contribution in [3.05, 3.63) is 24.3 Å². The number of halogens is 3. The van der Waals surface area contributed by atoms with E-state index in [1.807, 2.05) is 0 Å². The first-order valence-corrected chi connectivity index (χ1v) is 5.75. The Morgan fingerprint density at radius 2 is 2.00 bits per heavy atom. The molecule has 1 rings (SSSR count). The van der Waals surface area contributed by atoms with Gasteiger partial charge in [-0.2, -0.15) is 13.2 Å². The van der Waals surface area contributed by atoms with E-state index in [2.05, 4.69) is 5.32 Å². The molecule has 0 aromatic heterocycles. The Morgan fingerprint density at radius 3 is 2.53 bits per heavy atom. The molecular weight excluding hydrogens is 259 g/mol. The van der Waals surface area contributed by atoms with E-state index in [4.69, 9.17) is 5.73 Å². The fourth-order valence-electron chi connectivity index (χ4n) is 1.54. The molecule has 0 aliphatic carbocycles. The summed E-state index contributed by atoms with van der Waals surface area (Å²) < 4.78 is 36.7. The number of alkyl halides is 3. The van der Waals surface area contributed by atoms with E-state index >= 15 is 0 Å². The van der Waals surface area contributed by atoms with Crippen LogP contribution in [0.25, 0.3) is 0 Å². The lowest BCUT2D eigenvalue weighted by molar-refractivity contribution is -0.147. The van der Waals surface area contributed by atoms with Crippen molar-refractivity contribution in [2.45, 2.75) is 13.1 Å². The highest BCUT2D eigenvalue weighted by molar-refractivity contribution is 5.95. The van der Waals surface area contributed by atoms with Gasteiger partial charge in [-0.15, -0.1) is 0 Å². The predicted molar refractivity (Wildman–Crippen MR) is 67.7 cm³/mol. The lowest BCUT2D eigenvalue weighted by Crippen LogP contribution is -2.39. The smallest absolute Gasteiger partial charge is 0.397 e. The minimum atomic E-state index is -4.32. The minimum absolute atomic E-state index is 0.136. The topological polar surface area (TPSA) is 58.4 Å². The van der Waals surface area contributed by atoms with E-state index < -0.39 is 18.6 Å². The molecule has 19 heavy (non-hydrogen) atoms. The van der Waals surface area contributed by atoms with Crippen LogP contribution < -0.4 is 11.1 Å². The van der Waals surface area contributed by atoms with Gasteiger partial charge in [-0.05, 0) is 18.7 Å². The molecule has 1 aromatic rings. The molecule has 0 aliphatic rings. The summed E-state index contributed by atoms with van der Waals surface area (Å²) in [4.78, 5) is 12.7. The molecule has 4 nitrogen and oxygen atoms in total. The molecule has 0 spiro atoms. The van der Waals surface area contributed by atoms with Gasteiger partial charge in [0, 0.05) is 0 Å². The van der Waals surface area contributed by atoms with E-state index in [0.29, 0.717) is 11.4 Å². The number of carbonyl (C=O) groups is 1. The molecule has 0 fully saturated rings. The standard InChI is InChI=1S/C12H16F3N3O/c1-2-18(8-12(13,14)15)7-11(19)17-10-6-4-3-5-9(10)16/h3-6H,2,7-8,16H2,1H3,(H,17,19). The average Bonchev–Trinajstić information content (AvgIpc) is 2.29. The number of rotatable bonds is 5. The van der Waals surface area contributed by atoms with Crippen molar-refractivity contribution in [3.63, 3.8) is 0 Å². The average molecular weight is 275 g/mol. The second-order valence-corrected chi connectivity index (χ2v) is 4.05. The van der Waals surface area contributed by atoms with Crippen LogP contribution in [0, 0.1) is 0 Å². The van der Waals surface area contributed by atoms with E-state index in [1.165, 1.54) is 0 Å². The summed E-state index contributed by atoms with van der Waals surface area (Å²) in [6.07, 6.45) is -4.32. The summed E-state index contributed by atoms with van der Waals surface area (Å²) in [7, 11) is 0. The molecule has 0 bridgehead atoms. The van der Waals surface area contributed by atoms with Crippen molar-refractivity contribution >= 4 is 17.3 Å². The van der Waals surface area contributed by atoms with Crippen molar-refractivity contribution in [2.75, 3.05) is 30.7 Å². The Labute approximate surface area is 109 Å². The molecule has 106 valence electrons. The van der Waals surface area contributed by atoms with Crippen molar-refractivity contribution in [1.82, 2.24) is 4.90 Å². The van der Waals surface area contributed by atoms with Gasteiger partial charge in [0.15, 0.2) is 0 Å². The normalized spacial score (nSPS) is 11.6. The number of anilines is 2. The molecule has 0 unspecified atom stereocenters. The highest BCUT2D eigenvalue weighted by Crippen LogP contribution is 2.18. The van der Waals surface area contributed by atoms with Gasteiger partial charge in [0.2, 0.25) is 5.91 Å². The van der Waals surface area contributed by atoms with Gasteiger partial charge < -0.3 is 11.1 Å². The van der Waals surface area contributed by atoms with Crippen molar-refractivity contribution in [3.8, 4) is 0 Å². The van der Waals surface area contributed by atoms with Crippen LogP contribution in [0.15, 0.2) is 24.3 Å². The SMILES string of the molecule is CCN(CC(=O)Nc1ccccc1N)CC(F)(F)F. The largest absolute Gasteiger partial charge is 0.401 e. The second kappa shape index (κ2) is 6.42. The van der Waals surface area contributed by atoms with Gasteiger partial charge in [0.25, 0.3) is 0 Å². The maximum Gasteiger partial charge on any atom is 0.401 e. The van der Waals surface area contributed by atoms with Crippen LogP contribution in [0.4, 0.5) is 24.5 Å². The van der Waals surface area contributed by atoms with Crippen LogP contribution in [-0.4, -0.2) is 36.6 Å². The molecule has 1 aromatic carbocycles. The minimum Gasteiger partial charge on any atom is -0.397 e. The number of nitrogens with two attached hydrogens (primary N) is 1. The number of hydrogen-bond donors (Lipinski definition) is 2. The Hall–Kier alpha value is -1.76. The van der Waals surface area contributed by atoms with Crippen LogP contribution in [0.5, 0.6) is 0 Å². The number of amides is 1. The van der Waals surface area contributed by atoms with Gasteiger partial charge in [-0.25, -0.2) is 0 Å². The third kappa shape index (κ3) is 5.60. The first-order valence-electron chi connectivity index (χ1n) is 5.75. The lowest BCUT2D eigenvalue weighted by atomic mass is 10.2. The number of hydrogen-bond acceptors (Lipinski definition) is 3. The molecule has 1 amide bonds. The molecular formula is C12H16F3N3O. The van der Waals surface area contributed by atoms with E-state index in [-0.39, 0.29) is 13.1 Å². The van der Waals surface area contributed by atoms with Crippen molar-refractivity contribution in [2.24, 2.45) is 0 Å². The van der Waals surface area contributed by atoms with Gasteiger partial charge in [0.1, 0.15) is 0 Å². The number of nitrogens with one attached hydrogen (secondary N) is 1. The molecule has 3 N–H and O–H groups in total. The Kier molecular flexibility index (Phi) is 5.17. The molecule has 0 saturated heterocycles. The van der Waals surface area contributed by atoms with Crippen molar-refractivity contribution in [1.29, 1.82) is 0 Å². The van der Waals surface area contributed by atoms with Gasteiger partial charge in [-0.1, -0.05) is 19.1 Å². The number of nitrogen functional groups attached to an aromatic ring is 1. The van der Waals surface area contributed by atoms with Crippen LogP contribution in [0.1, 0.15) is 6.92 Å². The number of nitrogens with zero attached hydrogens (tertiary/aromatic N) is 1. The highest BCUT2D eigenvalue weighted by Gasteiger charge is 2.30.